The maximum Gasteiger partial charge on any atom is 0.266 e. The third-order valence-corrected chi connectivity index (χ3v) is 6.71. The first-order valence-electron chi connectivity index (χ1n) is 11.9. The number of anilines is 2. The molecule has 182 valence electrons. The molecule has 0 aliphatic carbocycles. The van der Waals surface area contributed by atoms with Crippen molar-refractivity contribution in [3.63, 3.8) is 0 Å². The van der Waals surface area contributed by atoms with Crippen molar-refractivity contribution < 1.29 is 0 Å². The summed E-state index contributed by atoms with van der Waals surface area (Å²) in [6.07, 6.45) is 6.53. The molecule has 0 radical (unpaired) electrons. The minimum Gasteiger partial charge on any atom is -0.382 e. The van der Waals surface area contributed by atoms with Gasteiger partial charge in [0, 0.05) is 25.4 Å². The number of nitrogens with two attached hydrogens (primary N) is 1. The first kappa shape index (κ1) is 22.4. The van der Waals surface area contributed by atoms with Crippen LogP contribution in [0.25, 0.3) is 27.8 Å². The summed E-state index contributed by atoms with van der Waals surface area (Å²) in [7, 11) is 1.89. The molecule has 10 nitrogen and oxygen atoms in total. The Kier molecular flexibility index (Phi) is 5.38. The van der Waals surface area contributed by atoms with Crippen LogP contribution in [-0.2, 0) is 7.05 Å². The molecular weight excluding hydrogens is 466 g/mol. The third-order valence-electron chi connectivity index (χ3n) is 6.71. The van der Waals surface area contributed by atoms with Crippen LogP contribution in [0.2, 0.25) is 0 Å². The van der Waals surface area contributed by atoms with Gasteiger partial charge in [0.05, 0.1) is 34.7 Å². The normalized spacial score (nSPS) is 15.2. The predicted molar refractivity (Wildman–Crippen MR) is 140 cm³/mol. The summed E-state index contributed by atoms with van der Waals surface area (Å²) in [6.45, 7) is 0.645. The van der Waals surface area contributed by atoms with Gasteiger partial charge in [0.2, 0.25) is 0 Å². The highest BCUT2D eigenvalue weighted by Crippen LogP contribution is 2.38. The fraction of sp³-hybridized carbons (Fsp3) is 0.185. The molecule has 4 heterocycles. The van der Waals surface area contributed by atoms with Crippen LogP contribution in [0.1, 0.15) is 30.3 Å². The largest absolute Gasteiger partial charge is 0.382 e. The van der Waals surface area contributed by atoms with E-state index in [1.54, 1.807) is 10.9 Å². The molecular formula is C27H23N9O. The Hall–Kier alpha value is -5.04. The second-order valence-corrected chi connectivity index (χ2v) is 8.99. The highest BCUT2D eigenvalue weighted by molar-refractivity contribution is 5.93. The second-order valence-electron chi connectivity index (χ2n) is 8.99. The highest BCUT2D eigenvalue weighted by Gasteiger charge is 2.34. The zero-order valence-electron chi connectivity index (χ0n) is 20.1. The minimum atomic E-state index is -0.294. The predicted octanol–water partition coefficient (Wildman–Crippen LogP) is 3.37. The van der Waals surface area contributed by atoms with Crippen LogP contribution in [-0.4, -0.2) is 35.6 Å². The van der Waals surface area contributed by atoms with Crippen LogP contribution in [0.5, 0.6) is 0 Å². The summed E-state index contributed by atoms with van der Waals surface area (Å²) in [5.41, 5.74) is 8.77. The summed E-state index contributed by atoms with van der Waals surface area (Å²) in [6, 6.07) is 17.0. The zero-order chi connectivity index (χ0) is 25.5. The van der Waals surface area contributed by atoms with E-state index >= 15 is 0 Å². The van der Waals surface area contributed by atoms with Gasteiger partial charge >= 0.3 is 0 Å². The van der Waals surface area contributed by atoms with E-state index in [4.69, 9.17) is 10.7 Å². The van der Waals surface area contributed by atoms with E-state index in [1.807, 2.05) is 71.2 Å². The van der Waals surface area contributed by atoms with Crippen molar-refractivity contribution in [2.24, 2.45) is 7.05 Å². The molecule has 1 saturated heterocycles. The van der Waals surface area contributed by atoms with Crippen LogP contribution in [0.3, 0.4) is 0 Å². The molecule has 2 N–H and O–H groups in total. The molecule has 5 aromatic rings. The first-order chi connectivity index (χ1) is 18.1. The summed E-state index contributed by atoms with van der Waals surface area (Å²) in [4.78, 5) is 34.2. The molecule has 0 saturated carbocycles. The Morgan fingerprint density at radius 2 is 1.92 bits per heavy atom. The van der Waals surface area contributed by atoms with Gasteiger partial charge < -0.3 is 15.2 Å². The van der Waals surface area contributed by atoms with E-state index in [0.29, 0.717) is 40.5 Å². The fourth-order valence-corrected chi connectivity index (χ4v) is 5.07. The van der Waals surface area contributed by atoms with Crippen LogP contribution in [0.4, 0.5) is 11.6 Å². The van der Waals surface area contributed by atoms with E-state index in [-0.39, 0.29) is 23.0 Å². The number of nitrogens with zero attached hydrogens (tertiary/aromatic N) is 8. The molecule has 0 amide bonds. The zero-order valence-corrected chi connectivity index (χ0v) is 20.1. The Morgan fingerprint density at radius 3 is 2.68 bits per heavy atom. The summed E-state index contributed by atoms with van der Waals surface area (Å²) >= 11 is 0. The van der Waals surface area contributed by atoms with E-state index in [9.17, 15) is 10.1 Å². The molecule has 3 aromatic heterocycles. The molecule has 1 unspecified atom stereocenters. The Bertz CT molecular complexity index is 1730. The first-order valence-corrected chi connectivity index (χ1v) is 11.9. The van der Waals surface area contributed by atoms with Crippen molar-refractivity contribution in [2.45, 2.75) is 18.9 Å². The number of aromatic nitrogens is 6. The Balaban J connectivity index is 1.62. The standard InChI is InChI=1S/C27H23N9O/c1-34-14-21(32-16-34)18-9-5-10-20-23(18)27(37)36(17-7-3-2-4-8-17)26(33-20)22-11-6-12-35(22)25-19(13-28)24(29)30-15-31-25/h2-5,7-10,14-16,22H,6,11-12H2,1H3,(H2,29,30,31). The summed E-state index contributed by atoms with van der Waals surface area (Å²) < 4.78 is 3.52. The average Bonchev–Trinajstić information content (AvgIpc) is 3.58. The molecule has 37 heavy (non-hydrogen) atoms. The number of para-hydroxylation sites is 1. The highest BCUT2D eigenvalue weighted by atomic mass is 16.1. The third kappa shape index (κ3) is 3.68. The topological polar surface area (TPSA) is 132 Å². The Labute approximate surface area is 212 Å². The number of benzene rings is 2. The molecule has 0 spiro atoms. The quantitative estimate of drug-likeness (QED) is 0.406. The number of nitriles is 1. The molecule has 10 heteroatoms. The summed E-state index contributed by atoms with van der Waals surface area (Å²) in [5.74, 6) is 1.17. The minimum absolute atomic E-state index is 0.130. The number of aryl methyl sites for hydroxylation is 1. The van der Waals surface area contributed by atoms with Crippen molar-refractivity contribution in [1.29, 1.82) is 5.26 Å². The van der Waals surface area contributed by atoms with Crippen LogP contribution in [0.15, 0.2) is 72.2 Å². The molecule has 1 fully saturated rings. The molecule has 6 rings (SSSR count). The monoisotopic (exact) mass is 489 g/mol. The van der Waals surface area contributed by atoms with Crippen LogP contribution < -0.4 is 16.2 Å². The van der Waals surface area contributed by atoms with E-state index in [1.165, 1.54) is 6.33 Å². The number of rotatable bonds is 4. The van der Waals surface area contributed by atoms with Gasteiger partial charge in [0.1, 0.15) is 29.6 Å². The van der Waals surface area contributed by atoms with Crippen molar-refractivity contribution in [1.82, 2.24) is 29.1 Å². The number of imidazole rings is 1. The van der Waals surface area contributed by atoms with Gasteiger partial charge in [-0.15, -0.1) is 0 Å². The lowest BCUT2D eigenvalue weighted by molar-refractivity contribution is 0.632. The van der Waals surface area contributed by atoms with Gasteiger partial charge in [-0.05, 0) is 31.0 Å². The lowest BCUT2D eigenvalue weighted by Gasteiger charge is -2.28. The fourth-order valence-electron chi connectivity index (χ4n) is 5.07. The number of hydrogen-bond donors (Lipinski definition) is 1. The van der Waals surface area contributed by atoms with E-state index in [0.717, 1.165) is 18.4 Å². The van der Waals surface area contributed by atoms with Crippen molar-refractivity contribution >= 4 is 22.5 Å². The molecule has 2 aromatic carbocycles. The van der Waals surface area contributed by atoms with Gasteiger partial charge in [-0.2, -0.15) is 5.26 Å². The van der Waals surface area contributed by atoms with Crippen molar-refractivity contribution in [3.05, 3.63) is 89.1 Å². The van der Waals surface area contributed by atoms with E-state index < -0.39 is 0 Å². The number of fused-ring (bicyclic) bond motifs is 1. The second kappa shape index (κ2) is 8.87. The van der Waals surface area contributed by atoms with Crippen LogP contribution in [0, 0.1) is 11.3 Å². The van der Waals surface area contributed by atoms with Crippen LogP contribution >= 0.6 is 0 Å². The van der Waals surface area contributed by atoms with Gasteiger partial charge in [-0.25, -0.2) is 19.9 Å². The molecule has 1 aliphatic rings. The van der Waals surface area contributed by atoms with Gasteiger partial charge in [-0.3, -0.25) is 9.36 Å². The number of hydrogen-bond acceptors (Lipinski definition) is 8. The number of nitrogen functional groups attached to an aromatic ring is 1. The van der Waals surface area contributed by atoms with E-state index in [2.05, 4.69) is 21.0 Å². The lowest BCUT2D eigenvalue weighted by Crippen LogP contribution is -2.32. The molecule has 1 atom stereocenters. The Morgan fingerprint density at radius 1 is 1.08 bits per heavy atom. The van der Waals surface area contributed by atoms with Gasteiger partial charge in [0.25, 0.3) is 5.56 Å². The maximum atomic E-state index is 14.3. The summed E-state index contributed by atoms with van der Waals surface area (Å²) in [5, 5.41) is 10.3. The van der Waals surface area contributed by atoms with Crippen molar-refractivity contribution in [3.8, 4) is 23.0 Å². The lowest BCUT2D eigenvalue weighted by atomic mass is 10.1. The van der Waals surface area contributed by atoms with Gasteiger partial charge in [0.15, 0.2) is 5.82 Å². The maximum absolute atomic E-state index is 14.3. The average molecular weight is 490 g/mol. The smallest absolute Gasteiger partial charge is 0.266 e. The van der Waals surface area contributed by atoms with Gasteiger partial charge in [-0.1, -0.05) is 30.3 Å². The molecule has 1 aliphatic heterocycles. The SMILES string of the molecule is Cn1cnc(-c2cccc3nc(C4CCCN4c4ncnc(N)c4C#N)n(-c4ccccc4)c(=O)c23)c1. The molecule has 0 bridgehead atoms. The van der Waals surface area contributed by atoms with Crippen molar-refractivity contribution in [2.75, 3.05) is 17.2 Å².